The van der Waals surface area contributed by atoms with Crippen molar-refractivity contribution in [2.24, 2.45) is 0 Å². The van der Waals surface area contributed by atoms with Crippen LogP contribution in [0.1, 0.15) is 24.8 Å². The number of nitrogens with one attached hydrogen (secondary N) is 1. The summed E-state index contributed by atoms with van der Waals surface area (Å²) in [7, 11) is 1.72. The smallest absolute Gasteiger partial charge is 0.317 e. The zero-order valence-electron chi connectivity index (χ0n) is 12.8. The Bertz CT molecular complexity index is 530. The molecule has 1 aromatic carbocycles. The summed E-state index contributed by atoms with van der Waals surface area (Å²) in [4.78, 5) is 27.3. The van der Waals surface area contributed by atoms with Crippen molar-refractivity contribution in [1.82, 2.24) is 15.1 Å². The Labute approximate surface area is 136 Å². The lowest BCUT2D eigenvalue weighted by Crippen LogP contribution is -2.39. The van der Waals surface area contributed by atoms with Gasteiger partial charge in [-0.2, -0.15) is 0 Å². The number of benzene rings is 1. The van der Waals surface area contributed by atoms with Gasteiger partial charge in [0.15, 0.2) is 0 Å². The predicted octanol–water partition coefficient (Wildman–Crippen LogP) is 2.49. The van der Waals surface area contributed by atoms with Gasteiger partial charge in [0.2, 0.25) is 5.91 Å². The fourth-order valence-electron chi connectivity index (χ4n) is 2.52. The number of amides is 3. The van der Waals surface area contributed by atoms with Crippen molar-refractivity contribution in [2.45, 2.75) is 25.8 Å². The molecular formula is C16H22ClN3O2. The van der Waals surface area contributed by atoms with Crippen LogP contribution in [-0.2, 0) is 11.3 Å². The van der Waals surface area contributed by atoms with Crippen molar-refractivity contribution in [1.29, 1.82) is 0 Å². The SMILES string of the molecule is CN(Cc1cccc(Cl)c1)C(=O)NCCC(=O)N1CCCC1. The monoisotopic (exact) mass is 323 g/mol. The average Bonchev–Trinajstić information content (AvgIpc) is 3.01. The second-order valence-electron chi connectivity index (χ2n) is 5.56. The number of carbonyl (C=O) groups is 2. The summed E-state index contributed by atoms with van der Waals surface area (Å²) in [5.41, 5.74) is 0.971. The van der Waals surface area contributed by atoms with Crippen molar-refractivity contribution in [2.75, 3.05) is 26.7 Å². The Morgan fingerprint density at radius 3 is 2.73 bits per heavy atom. The Kier molecular flexibility index (Phi) is 6.07. The van der Waals surface area contributed by atoms with Crippen LogP contribution < -0.4 is 5.32 Å². The third-order valence-corrected chi connectivity index (χ3v) is 3.96. The minimum absolute atomic E-state index is 0.121. The molecule has 0 bridgehead atoms. The van der Waals surface area contributed by atoms with Crippen molar-refractivity contribution < 1.29 is 9.59 Å². The third-order valence-electron chi connectivity index (χ3n) is 3.73. The highest BCUT2D eigenvalue weighted by Gasteiger charge is 2.17. The highest BCUT2D eigenvalue weighted by Crippen LogP contribution is 2.12. The summed E-state index contributed by atoms with van der Waals surface area (Å²) in [6, 6.07) is 7.23. The summed E-state index contributed by atoms with van der Waals surface area (Å²) in [6.07, 6.45) is 2.53. The predicted molar refractivity (Wildman–Crippen MR) is 86.7 cm³/mol. The van der Waals surface area contributed by atoms with E-state index < -0.39 is 0 Å². The molecule has 6 heteroatoms. The van der Waals surface area contributed by atoms with Gasteiger partial charge in [0, 0.05) is 44.7 Å². The van der Waals surface area contributed by atoms with Crippen LogP contribution in [0, 0.1) is 0 Å². The summed E-state index contributed by atoms with van der Waals surface area (Å²) in [6.45, 7) is 2.55. The fourth-order valence-corrected chi connectivity index (χ4v) is 2.73. The van der Waals surface area contributed by atoms with Crippen LogP contribution in [0.4, 0.5) is 4.79 Å². The van der Waals surface area contributed by atoms with Gasteiger partial charge in [-0.25, -0.2) is 4.79 Å². The highest BCUT2D eigenvalue weighted by molar-refractivity contribution is 6.30. The van der Waals surface area contributed by atoms with Crippen LogP contribution >= 0.6 is 11.6 Å². The first kappa shape index (κ1) is 16.6. The first-order valence-corrected chi connectivity index (χ1v) is 7.95. The van der Waals surface area contributed by atoms with E-state index in [0.29, 0.717) is 24.5 Å². The van der Waals surface area contributed by atoms with E-state index in [9.17, 15) is 9.59 Å². The van der Waals surface area contributed by atoms with Gasteiger partial charge in [-0.15, -0.1) is 0 Å². The third kappa shape index (κ3) is 4.91. The van der Waals surface area contributed by atoms with Gasteiger partial charge in [-0.1, -0.05) is 23.7 Å². The number of carbonyl (C=O) groups excluding carboxylic acids is 2. The minimum Gasteiger partial charge on any atom is -0.343 e. The van der Waals surface area contributed by atoms with Gasteiger partial charge in [-0.05, 0) is 30.5 Å². The molecular weight excluding hydrogens is 302 g/mol. The van der Waals surface area contributed by atoms with E-state index in [0.717, 1.165) is 31.5 Å². The molecule has 1 saturated heterocycles. The maximum atomic E-state index is 12.0. The second-order valence-corrected chi connectivity index (χ2v) is 5.99. The first-order valence-electron chi connectivity index (χ1n) is 7.57. The molecule has 0 atom stereocenters. The quantitative estimate of drug-likeness (QED) is 0.905. The number of rotatable bonds is 5. The number of nitrogens with zero attached hydrogens (tertiary/aromatic N) is 2. The number of hydrogen-bond donors (Lipinski definition) is 1. The average molecular weight is 324 g/mol. The molecule has 1 fully saturated rings. The number of halogens is 1. The standard InChI is InChI=1S/C16H22ClN3O2/c1-19(12-13-5-4-6-14(17)11-13)16(22)18-8-7-15(21)20-9-2-3-10-20/h4-6,11H,2-3,7-10,12H2,1H3,(H,18,22). The molecule has 0 aromatic heterocycles. The molecule has 3 amide bonds. The molecule has 5 nitrogen and oxygen atoms in total. The zero-order valence-corrected chi connectivity index (χ0v) is 13.6. The van der Waals surface area contributed by atoms with Gasteiger partial charge in [0.05, 0.1) is 0 Å². The minimum atomic E-state index is -0.186. The van der Waals surface area contributed by atoms with Gasteiger partial charge < -0.3 is 15.1 Å². The Morgan fingerprint density at radius 2 is 2.05 bits per heavy atom. The largest absolute Gasteiger partial charge is 0.343 e. The molecule has 0 spiro atoms. The summed E-state index contributed by atoms with van der Waals surface area (Å²) in [5.74, 6) is 0.121. The zero-order chi connectivity index (χ0) is 15.9. The molecule has 2 rings (SSSR count). The van der Waals surface area contributed by atoms with Crippen LogP contribution in [0.2, 0.25) is 5.02 Å². The fraction of sp³-hybridized carbons (Fsp3) is 0.500. The maximum absolute atomic E-state index is 12.0. The van der Waals surface area contributed by atoms with Crippen molar-refractivity contribution in [3.63, 3.8) is 0 Å². The molecule has 22 heavy (non-hydrogen) atoms. The van der Waals surface area contributed by atoms with E-state index >= 15 is 0 Å². The molecule has 1 aliphatic rings. The molecule has 120 valence electrons. The lowest BCUT2D eigenvalue weighted by Gasteiger charge is -2.19. The lowest BCUT2D eigenvalue weighted by molar-refractivity contribution is -0.129. The molecule has 0 unspecified atom stereocenters. The van der Waals surface area contributed by atoms with Crippen molar-refractivity contribution in [3.8, 4) is 0 Å². The van der Waals surface area contributed by atoms with E-state index in [1.807, 2.05) is 23.1 Å². The van der Waals surface area contributed by atoms with Crippen molar-refractivity contribution >= 4 is 23.5 Å². The molecule has 0 saturated carbocycles. The van der Waals surface area contributed by atoms with Crippen LogP contribution in [0.15, 0.2) is 24.3 Å². The molecule has 0 radical (unpaired) electrons. The molecule has 1 aromatic rings. The van der Waals surface area contributed by atoms with Gasteiger partial charge in [0.1, 0.15) is 0 Å². The van der Waals surface area contributed by atoms with Crippen LogP contribution in [0.5, 0.6) is 0 Å². The van der Waals surface area contributed by atoms with Gasteiger partial charge in [-0.3, -0.25) is 4.79 Å². The highest BCUT2D eigenvalue weighted by atomic mass is 35.5. The normalized spacial score (nSPS) is 14.0. The van der Waals surface area contributed by atoms with E-state index in [1.54, 1.807) is 18.0 Å². The Morgan fingerprint density at radius 1 is 1.32 bits per heavy atom. The lowest BCUT2D eigenvalue weighted by atomic mass is 10.2. The van der Waals surface area contributed by atoms with Crippen LogP contribution in [0.3, 0.4) is 0 Å². The summed E-state index contributed by atoms with van der Waals surface area (Å²) in [5, 5.41) is 3.43. The topological polar surface area (TPSA) is 52.7 Å². The first-order chi connectivity index (χ1) is 10.6. The second kappa shape index (κ2) is 8.03. The maximum Gasteiger partial charge on any atom is 0.317 e. The van der Waals surface area contributed by atoms with Gasteiger partial charge >= 0.3 is 6.03 Å². The van der Waals surface area contributed by atoms with Crippen LogP contribution in [0.25, 0.3) is 0 Å². The summed E-state index contributed by atoms with van der Waals surface area (Å²) < 4.78 is 0. The molecule has 1 N–H and O–H groups in total. The van der Waals surface area contributed by atoms with Gasteiger partial charge in [0.25, 0.3) is 0 Å². The number of likely N-dealkylation sites (tertiary alicyclic amines) is 1. The molecule has 1 heterocycles. The molecule has 1 aliphatic heterocycles. The number of hydrogen-bond acceptors (Lipinski definition) is 2. The van der Waals surface area contributed by atoms with Crippen molar-refractivity contribution in [3.05, 3.63) is 34.9 Å². The Balaban J connectivity index is 1.71. The van der Waals surface area contributed by atoms with E-state index in [2.05, 4.69) is 5.32 Å². The van der Waals surface area contributed by atoms with E-state index in [1.165, 1.54) is 0 Å². The van der Waals surface area contributed by atoms with E-state index in [4.69, 9.17) is 11.6 Å². The Hall–Kier alpha value is -1.75. The molecule has 0 aliphatic carbocycles. The van der Waals surface area contributed by atoms with E-state index in [-0.39, 0.29) is 11.9 Å². The number of urea groups is 1. The summed E-state index contributed by atoms with van der Waals surface area (Å²) >= 11 is 5.93. The van der Waals surface area contributed by atoms with Crippen LogP contribution in [-0.4, -0.2) is 48.4 Å².